The Balaban J connectivity index is 2.69. The molecule has 1 rings (SSSR count). The van der Waals surface area contributed by atoms with E-state index < -0.39 is 28.5 Å². The lowest BCUT2D eigenvalue weighted by Crippen LogP contribution is -2.28. The molecule has 6 heteroatoms. The Bertz CT molecular complexity index is 387. The van der Waals surface area contributed by atoms with Crippen molar-refractivity contribution in [3.8, 4) is 0 Å². The highest BCUT2D eigenvalue weighted by molar-refractivity contribution is 7.85. The Morgan fingerprint density at radius 1 is 1.38 bits per heavy atom. The van der Waals surface area contributed by atoms with Gasteiger partial charge >= 0.3 is 0 Å². The standard InChI is InChI=1S/C10H13F2NO2S/c11-9-2-1-8(5-10(9)12)16(15)6-7(13)3-4-14/h1-2,5,7,14H,3-4,6,13H2. The second-order valence-electron chi connectivity index (χ2n) is 3.36. The highest BCUT2D eigenvalue weighted by atomic mass is 32.2. The molecule has 0 saturated carbocycles. The second-order valence-corrected chi connectivity index (χ2v) is 4.86. The fourth-order valence-electron chi connectivity index (χ4n) is 1.16. The maximum atomic E-state index is 12.8. The fourth-order valence-corrected chi connectivity index (χ4v) is 2.36. The van der Waals surface area contributed by atoms with Crippen molar-refractivity contribution >= 4 is 10.8 Å². The summed E-state index contributed by atoms with van der Waals surface area (Å²) in [5.41, 5.74) is 5.57. The van der Waals surface area contributed by atoms with Crippen LogP contribution in [0.15, 0.2) is 23.1 Å². The van der Waals surface area contributed by atoms with Crippen LogP contribution in [0.1, 0.15) is 6.42 Å². The van der Waals surface area contributed by atoms with Crippen LogP contribution in [0.3, 0.4) is 0 Å². The molecular formula is C10H13F2NO2S. The van der Waals surface area contributed by atoms with E-state index in [2.05, 4.69) is 0 Å². The van der Waals surface area contributed by atoms with Gasteiger partial charge < -0.3 is 10.8 Å². The number of aliphatic hydroxyl groups excluding tert-OH is 1. The Kier molecular flexibility index (Phi) is 4.98. The van der Waals surface area contributed by atoms with Gasteiger partial charge in [0, 0.05) is 23.3 Å². The van der Waals surface area contributed by atoms with E-state index >= 15 is 0 Å². The third kappa shape index (κ3) is 3.62. The Morgan fingerprint density at radius 2 is 2.06 bits per heavy atom. The van der Waals surface area contributed by atoms with Crippen LogP contribution in [0, 0.1) is 11.6 Å². The van der Waals surface area contributed by atoms with Crippen LogP contribution < -0.4 is 5.73 Å². The van der Waals surface area contributed by atoms with Gasteiger partial charge in [-0.1, -0.05) is 0 Å². The molecule has 0 radical (unpaired) electrons. The van der Waals surface area contributed by atoms with E-state index in [9.17, 15) is 13.0 Å². The molecule has 0 aliphatic carbocycles. The van der Waals surface area contributed by atoms with E-state index in [1.165, 1.54) is 6.07 Å². The highest BCUT2D eigenvalue weighted by Crippen LogP contribution is 2.13. The summed E-state index contributed by atoms with van der Waals surface area (Å²) in [6.45, 7) is -0.0872. The zero-order valence-electron chi connectivity index (χ0n) is 8.53. The minimum absolute atomic E-state index is 0.0872. The molecule has 1 aromatic rings. The lowest BCUT2D eigenvalue weighted by Gasteiger charge is -2.09. The second kappa shape index (κ2) is 6.03. The average molecular weight is 249 g/mol. The van der Waals surface area contributed by atoms with E-state index in [0.717, 1.165) is 12.1 Å². The molecule has 0 bridgehead atoms. The summed E-state index contributed by atoms with van der Waals surface area (Å²) in [7, 11) is -1.48. The molecular weight excluding hydrogens is 236 g/mol. The third-order valence-corrected chi connectivity index (χ3v) is 3.53. The Morgan fingerprint density at radius 3 is 2.62 bits per heavy atom. The van der Waals surface area contributed by atoms with Crippen LogP contribution >= 0.6 is 0 Å². The van der Waals surface area contributed by atoms with Gasteiger partial charge in [0.2, 0.25) is 0 Å². The zero-order valence-corrected chi connectivity index (χ0v) is 9.34. The molecule has 0 saturated heterocycles. The summed E-state index contributed by atoms with van der Waals surface area (Å²) < 4.78 is 37.1. The fraction of sp³-hybridized carbons (Fsp3) is 0.400. The van der Waals surface area contributed by atoms with Crippen LogP contribution in [0.4, 0.5) is 8.78 Å². The number of benzene rings is 1. The number of hydrogen-bond donors (Lipinski definition) is 2. The van der Waals surface area contributed by atoms with Gasteiger partial charge in [0.25, 0.3) is 0 Å². The minimum Gasteiger partial charge on any atom is -0.396 e. The van der Waals surface area contributed by atoms with Crippen LogP contribution in [0.5, 0.6) is 0 Å². The lowest BCUT2D eigenvalue weighted by molar-refractivity contribution is 0.279. The molecule has 0 heterocycles. The van der Waals surface area contributed by atoms with Crippen molar-refractivity contribution in [2.45, 2.75) is 17.4 Å². The molecule has 2 unspecified atom stereocenters. The molecule has 0 aliphatic heterocycles. The van der Waals surface area contributed by atoms with Gasteiger partial charge in [-0.2, -0.15) is 0 Å². The molecule has 1 aromatic carbocycles. The smallest absolute Gasteiger partial charge is 0.160 e. The third-order valence-electron chi connectivity index (χ3n) is 2.02. The molecule has 0 fully saturated rings. The van der Waals surface area contributed by atoms with Gasteiger partial charge in [-0.3, -0.25) is 4.21 Å². The van der Waals surface area contributed by atoms with Crippen molar-refractivity contribution in [1.29, 1.82) is 0 Å². The van der Waals surface area contributed by atoms with Crippen molar-refractivity contribution < 1.29 is 18.1 Å². The van der Waals surface area contributed by atoms with E-state index in [1.807, 2.05) is 0 Å². The number of aliphatic hydroxyl groups is 1. The first kappa shape index (κ1) is 13.2. The molecule has 0 aromatic heterocycles. The summed E-state index contributed by atoms with van der Waals surface area (Å²) in [6.07, 6.45) is 0.329. The maximum absolute atomic E-state index is 12.8. The first-order valence-electron chi connectivity index (χ1n) is 4.74. The number of halogens is 2. The number of hydrogen-bond acceptors (Lipinski definition) is 3. The van der Waals surface area contributed by atoms with Crippen molar-refractivity contribution in [2.75, 3.05) is 12.4 Å². The maximum Gasteiger partial charge on any atom is 0.160 e. The first-order valence-corrected chi connectivity index (χ1v) is 6.06. The van der Waals surface area contributed by atoms with Crippen LogP contribution in [0.25, 0.3) is 0 Å². The topological polar surface area (TPSA) is 63.3 Å². The Labute approximate surface area is 94.7 Å². The predicted octanol–water partition coefficient (Wildman–Crippen LogP) is 0.782. The molecule has 16 heavy (non-hydrogen) atoms. The zero-order chi connectivity index (χ0) is 12.1. The van der Waals surface area contributed by atoms with Gasteiger partial charge in [0.1, 0.15) is 0 Å². The lowest BCUT2D eigenvalue weighted by atomic mass is 10.3. The Hall–Kier alpha value is -0.850. The van der Waals surface area contributed by atoms with Gasteiger partial charge in [0.05, 0.1) is 10.8 Å². The first-order chi connectivity index (χ1) is 7.54. The van der Waals surface area contributed by atoms with Crippen molar-refractivity contribution in [1.82, 2.24) is 0 Å². The number of rotatable bonds is 5. The molecule has 0 spiro atoms. The molecule has 3 N–H and O–H groups in total. The average Bonchev–Trinajstić information content (AvgIpc) is 2.22. The SMILES string of the molecule is NC(CCO)CS(=O)c1ccc(F)c(F)c1. The highest BCUT2D eigenvalue weighted by Gasteiger charge is 2.12. The number of nitrogens with two attached hydrogens (primary N) is 1. The summed E-state index contributed by atoms with van der Waals surface area (Å²) >= 11 is 0. The van der Waals surface area contributed by atoms with E-state index in [-0.39, 0.29) is 17.3 Å². The molecule has 3 nitrogen and oxygen atoms in total. The van der Waals surface area contributed by atoms with E-state index in [1.54, 1.807) is 0 Å². The summed E-state index contributed by atoms with van der Waals surface area (Å²) in [6, 6.07) is 2.68. The molecule has 90 valence electrons. The van der Waals surface area contributed by atoms with Gasteiger partial charge in [-0.25, -0.2) is 8.78 Å². The minimum atomic E-state index is -1.48. The molecule has 2 atom stereocenters. The van der Waals surface area contributed by atoms with Crippen LogP contribution in [0.2, 0.25) is 0 Å². The van der Waals surface area contributed by atoms with Crippen molar-refractivity contribution in [2.24, 2.45) is 5.73 Å². The van der Waals surface area contributed by atoms with Gasteiger partial charge in [-0.05, 0) is 24.6 Å². The van der Waals surface area contributed by atoms with Crippen molar-refractivity contribution in [3.63, 3.8) is 0 Å². The normalized spacial score (nSPS) is 14.8. The monoisotopic (exact) mass is 249 g/mol. The quantitative estimate of drug-likeness (QED) is 0.810. The molecule has 0 amide bonds. The van der Waals surface area contributed by atoms with Crippen molar-refractivity contribution in [3.05, 3.63) is 29.8 Å². The van der Waals surface area contributed by atoms with Crippen LogP contribution in [-0.2, 0) is 10.8 Å². The largest absolute Gasteiger partial charge is 0.396 e. The van der Waals surface area contributed by atoms with Gasteiger partial charge in [-0.15, -0.1) is 0 Å². The summed E-state index contributed by atoms with van der Waals surface area (Å²) in [4.78, 5) is 0.201. The summed E-state index contributed by atoms with van der Waals surface area (Å²) in [5, 5.41) is 8.61. The molecule has 0 aliphatic rings. The van der Waals surface area contributed by atoms with E-state index in [4.69, 9.17) is 10.8 Å². The predicted molar refractivity (Wildman–Crippen MR) is 57.3 cm³/mol. The van der Waals surface area contributed by atoms with Crippen LogP contribution in [-0.4, -0.2) is 27.7 Å². The van der Waals surface area contributed by atoms with E-state index in [0.29, 0.717) is 6.42 Å². The summed E-state index contributed by atoms with van der Waals surface area (Å²) in [5.74, 6) is -1.88. The van der Waals surface area contributed by atoms with Gasteiger partial charge in [0.15, 0.2) is 11.6 Å².